The van der Waals surface area contributed by atoms with Crippen LogP contribution in [0, 0.1) is 6.92 Å². The third kappa shape index (κ3) is 1.15. The minimum atomic E-state index is 0.514. The smallest absolute Gasteiger partial charge is 0.109 e. The van der Waals surface area contributed by atoms with Crippen molar-refractivity contribution in [2.45, 2.75) is 26.7 Å². The van der Waals surface area contributed by atoms with Gasteiger partial charge in [0, 0.05) is 5.92 Å². The zero-order chi connectivity index (χ0) is 6.85. The van der Waals surface area contributed by atoms with E-state index in [1.165, 1.54) is 5.56 Å². The van der Waals surface area contributed by atoms with Gasteiger partial charge in [-0.05, 0) is 18.6 Å². The van der Waals surface area contributed by atoms with Crippen LogP contribution in [0.5, 0.6) is 0 Å². The number of aryl methyl sites for hydroxylation is 1. The van der Waals surface area contributed by atoms with Crippen LogP contribution in [0.3, 0.4) is 0 Å². The van der Waals surface area contributed by atoms with E-state index in [1.807, 2.05) is 6.07 Å². The molecule has 0 aliphatic heterocycles. The summed E-state index contributed by atoms with van der Waals surface area (Å²) in [4.78, 5) is 0. The molecule has 0 saturated carbocycles. The summed E-state index contributed by atoms with van der Waals surface area (Å²) in [6, 6.07) is 2.00. The Kier molecular flexibility index (Phi) is 1.60. The topological polar surface area (TPSA) is 13.1 Å². The quantitative estimate of drug-likeness (QED) is 0.561. The van der Waals surface area contributed by atoms with Gasteiger partial charge in [-0.15, -0.1) is 0 Å². The highest BCUT2D eigenvalue weighted by atomic mass is 16.3. The van der Waals surface area contributed by atoms with Gasteiger partial charge in [-0.1, -0.05) is 13.8 Å². The monoisotopic (exact) mass is 124 g/mol. The average molecular weight is 124 g/mol. The van der Waals surface area contributed by atoms with Gasteiger partial charge in [0.2, 0.25) is 0 Å². The predicted octanol–water partition coefficient (Wildman–Crippen LogP) is 2.71. The number of hydrogen-bond donors (Lipinski definition) is 0. The Labute approximate surface area is 55.7 Å². The molecule has 0 aliphatic rings. The van der Waals surface area contributed by atoms with E-state index in [9.17, 15) is 0 Å². The Balaban J connectivity index is 2.94. The van der Waals surface area contributed by atoms with Gasteiger partial charge in [-0.25, -0.2) is 0 Å². The van der Waals surface area contributed by atoms with Crippen molar-refractivity contribution in [2.75, 3.05) is 0 Å². The van der Waals surface area contributed by atoms with Crippen LogP contribution in [-0.2, 0) is 0 Å². The summed E-state index contributed by atoms with van der Waals surface area (Å²) in [7, 11) is 0. The first kappa shape index (κ1) is 6.40. The van der Waals surface area contributed by atoms with Gasteiger partial charge in [-0.3, -0.25) is 0 Å². The highest BCUT2D eigenvalue weighted by Gasteiger charge is 2.04. The van der Waals surface area contributed by atoms with Gasteiger partial charge in [0.05, 0.1) is 6.26 Å². The SMILES string of the molecule is Cc1ccoc1C(C)C. The van der Waals surface area contributed by atoms with E-state index in [0.29, 0.717) is 5.92 Å². The van der Waals surface area contributed by atoms with E-state index < -0.39 is 0 Å². The number of hydrogen-bond acceptors (Lipinski definition) is 1. The summed E-state index contributed by atoms with van der Waals surface area (Å²) in [6.07, 6.45) is 1.74. The van der Waals surface area contributed by atoms with E-state index in [1.54, 1.807) is 6.26 Å². The molecule has 0 saturated heterocycles. The van der Waals surface area contributed by atoms with Gasteiger partial charge >= 0.3 is 0 Å². The minimum Gasteiger partial charge on any atom is -0.469 e. The van der Waals surface area contributed by atoms with Gasteiger partial charge in [0.25, 0.3) is 0 Å². The van der Waals surface area contributed by atoms with Crippen molar-refractivity contribution in [3.05, 3.63) is 23.7 Å². The van der Waals surface area contributed by atoms with Crippen LogP contribution in [0.2, 0.25) is 0 Å². The summed E-state index contributed by atoms with van der Waals surface area (Å²) < 4.78 is 5.23. The van der Waals surface area contributed by atoms with E-state index in [0.717, 1.165) is 5.76 Å². The predicted molar refractivity (Wildman–Crippen MR) is 37.5 cm³/mol. The van der Waals surface area contributed by atoms with E-state index in [4.69, 9.17) is 4.42 Å². The maximum Gasteiger partial charge on any atom is 0.109 e. The second kappa shape index (κ2) is 2.26. The second-order valence-electron chi connectivity index (χ2n) is 2.62. The van der Waals surface area contributed by atoms with Crippen LogP contribution in [-0.4, -0.2) is 0 Å². The summed E-state index contributed by atoms with van der Waals surface area (Å²) in [5, 5.41) is 0. The lowest BCUT2D eigenvalue weighted by Gasteiger charge is -1.99. The first-order chi connectivity index (χ1) is 4.22. The Bertz CT molecular complexity index is 186. The normalized spacial score (nSPS) is 10.7. The van der Waals surface area contributed by atoms with Gasteiger partial charge < -0.3 is 4.42 Å². The Morgan fingerprint density at radius 3 is 2.33 bits per heavy atom. The molecule has 1 heteroatoms. The molecule has 0 fully saturated rings. The first-order valence-electron chi connectivity index (χ1n) is 3.26. The van der Waals surface area contributed by atoms with Crippen molar-refractivity contribution in [3.63, 3.8) is 0 Å². The molecule has 0 spiro atoms. The summed E-state index contributed by atoms with van der Waals surface area (Å²) in [5.74, 6) is 1.62. The standard InChI is InChI=1S/C8H12O/c1-6(2)8-7(3)4-5-9-8/h4-6H,1-3H3. The Morgan fingerprint density at radius 2 is 2.11 bits per heavy atom. The molecule has 1 aromatic heterocycles. The van der Waals surface area contributed by atoms with Crippen LogP contribution >= 0.6 is 0 Å². The van der Waals surface area contributed by atoms with Crippen molar-refractivity contribution in [2.24, 2.45) is 0 Å². The molecule has 0 bridgehead atoms. The molecular weight excluding hydrogens is 112 g/mol. The van der Waals surface area contributed by atoms with Crippen molar-refractivity contribution in [3.8, 4) is 0 Å². The zero-order valence-corrected chi connectivity index (χ0v) is 6.14. The maximum atomic E-state index is 5.23. The number of rotatable bonds is 1. The summed E-state index contributed by atoms with van der Waals surface area (Å²) in [5.41, 5.74) is 1.25. The molecule has 0 radical (unpaired) electrons. The molecule has 0 atom stereocenters. The van der Waals surface area contributed by atoms with E-state index in [2.05, 4.69) is 20.8 Å². The van der Waals surface area contributed by atoms with Crippen molar-refractivity contribution in [1.29, 1.82) is 0 Å². The van der Waals surface area contributed by atoms with Gasteiger partial charge in [0.15, 0.2) is 0 Å². The largest absolute Gasteiger partial charge is 0.469 e. The molecule has 9 heavy (non-hydrogen) atoms. The molecule has 0 aliphatic carbocycles. The van der Waals surface area contributed by atoms with Crippen molar-refractivity contribution < 1.29 is 4.42 Å². The first-order valence-corrected chi connectivity index (χ1v) is 3.26. The van der Waals surface area contributed by atoms with E-state index in [-0.39, 0.29) is 0 Å². The highest BCUT2D eigenvalue weighted by molar-refractivity contribution is 5.17. The molecular formula is C8H12O. The van der Waals surface area contributed by atoms with Crippen LogP contribution in [0.1, 0.15) is 31.1 Å². The summed E-state index contributed by atoms with van der Waals surface area (Å²) in [6.45, 7) is 6.33. The van der Waals surface area contributed by atoms with Gasteiger partial charge in [0.1, 0.15) is 5.76 Å². The van der Waals surface area contributed by atoms with Crippen molar-refractivity contribution >= 4 is 0 Å². The lowest BCUT2D eigenvalue weighted by atomic mass is 10.1. The van der Waals surface area contributed by atoms with Crippen LogP contribution in [0.4, 0.5) is 0 Å². The molecule has 1 aromatic rings. The maximum absolute atomic E-state index is 5.23. The molecule has 0 amide bonds. The Hall–Kier alpha value is -0.720. The molecule has 0 N–H and O–H groups in total. The van der Waals surface area contributed by atoms with E-state index >= 15 is 0 Å². The molecule has 0 unspecified atom stereocenters. The molecule has 1 rings (SSSR count). The molecule has 0 aromatic carbocycles. The van der Waals surface area contributed by atoms with Gasteiger partial charge in [-0.2, -0.15) is 0 Å². The fourth-order valence-corrected chi connectivity index (χ4v) is 0.976. The Morgan fingerprint density at radius 1 is 1.44 bits per heavy atom. The second-order valence-corrected chi connectivity index (χ2v) is 2.62. The zero-order valence-electron chi connectivity index (χ0n) is 6.14. The molecule has 1 nitrogen and oxygen atoms in total. The minimum absolute atomic E-state index is 0.514. The van der Waals surface area contributed by atoms with Crippen LogP contribution in [0.25, 0.3) is 0 Å². The molecule has 50 valence electrons. The van der Waals surface area contributed by atoms with Crippen molar-refractivity contribution in [1.82, 2.24) is 0 Å². The number of furan rings is 1. The fourth-order valence-electron chi connectivity index (χ4n) is 0.976. The van der Waals surface area contributed by atoms with Crippen LogP contribution in [0.15, 0.2) is 16.7 Å². The molecule has 1 heterocycles. The average Bonchev–Trinajstić information content (AvgIpc) is 2.13. The third-order valence-electron chi connectivity index (χ3n) is 1.43. The highest BCUT2D eigenvalue weighted by Crippen LogP contribution is 2.18. The van der Waals surface area contributed by atoms with Crippen LogP contribution < -0.4 is 0 Å². The third-order valence-corrected chi connectivity index (χ3v) is 1.43. The summed E-state index contributed by atoms with van der Waals surface area (Å²) >= 11 is 0. The fraction of sp³-hybridized carbons (Fsp3) is 0.500. The lowest BCUT2D eigenvalue weighted by molar-refractivity contribution is 0.484. The lowest BCUT2D eigenvalue weighted by Crippen LogP contribution is -1.84.